The first-order valence-electron chi connectivity index (χ1n) is 9.24. The monoisotopic (exact) mass is 390 g/mol. The fourth-order valence-corrected chi connectivity index (χ4v) is 3.23. The molecular formula is C23H19FN2O3. The largest absolute Gasteiger partial charge is 0.488 e. The molecule has 4 rings (SSSR count). The molecule has 0 amide bonds. The highest BCUT2D eigenvalue weighted by Gasteiger charge is 2.11. The number of aryl methyl sites for hydroxylation is 1. The van der Waals surface area contributed by atoms with Crippen molar-refractivity contribution in [1.82, 2.24) is 10.2 Å². The molecule has 1 aromatic heterocycles. The van der Waals surface area contributed by atoms with E-state index in [0.29, 0.717) is 12.2 Å². The maximum atomic E-state index is 13.4. The first-order valence-corrected chi connectivity index (χ1v) is 9.24. The molecule has 29 heavy (non-hydrogen) atoms. The van der Waals surface area contributed by atoms with Gasteiger partial charge in [0.1, 0.15) is 18.2 Å². The van der Waals surface area contributed by atoms with Crippen molar-refractivity contribution in [2.45, 2.75) is 19.4 Å². The van der Waals surface area contributed by atoms with Crippen LogP contribution in [0, 0.1) is 5.82 Å². The summed E-state index contributed by atoms with van der Waals surface area (Å²) in [6.07, 6.45) is 2.24. The summed E-state index contributed by atoms with van der Waals surface area (Å²) in [5.41, 5.74) is 4.36. The molecule has 0 fully saturated rings. The van der Waals surface area contributed by atoms with Crippen LogP contribution in [0.5, 0.6) is 5.75 Å². The highest BCUT2D eigenvalue weighted by molar-refractivity contribution is 5.85. The van der Waals surface area contributed by atoms with Crippen LogP contribution in [0.4, 0.5) is 4.39 Å². The second-order valence-corrected chi connectivity index (χ2v) is 6.81. The van der Waals surface area contributed by atoms with Gasteiger partial charge in [0.2, 0.25) is 0 Å². The molecule has 6 heteroatoms. The summed E-state index contributed by atoms with van der Waals surface area (Å²) < 4.78 is 19.4. The SMILES string of the molecule is O=C(O)CCc1ccc(OCc2cccc(F)c2)c(-c2ccc3[nH]ncc3c2)c1. The highest BCUT2D eigenvalue weighted by Crippen LogP contribution is 2.33. The Balaban J connectivity index is 1.67. The van der Waals surface area contributed by atoms with E-state index in [2.05, 4.69) is 10.2 Å². The standard InChI is InChI=1S/C23H19FN2O3/c24-19-3-1-2-16(10-19)14-29-22-8-4-15(5-9-23(27)28)11-20(22)17-6-7-21-18(12-17)13-25-26-21/h1-4,6-8,10-13H,5,9,14H2,(H,25,26)(H,27,28). The molecule has 0 aliphatic heterocycles. The Morgan fingerprint density at radius 3 is 2.79 bits per heavy atom. The van der Waals surface area contributed by atoms with Gasteiger partial charge in [0, 0.05) is 17.4 Å². The van der Waals surface area contributed by atoms with Gasteiger partial charge in [-0.15, -0.1) is 0 Å². The van der Waals surface area contributed by atoms with Gasteiger partial charge in [-0.3, -0.25) is 9.89 Å². The lowest BCUT2D eigenvalue weighted by Gasteiger charge is -2.14. The number of hydrogen-bond donors (Lipinski definition) is 2. The van der Waals surface area contributed by atoms with E-state index in [1.54, 1.807) is 12.3 Å². The summed E-state index contributed by atoms with van der Waals surface area (Å²) in [7, 11) is 0. The van der Waals surface area contributed by atoms with Crippen LogP contribution in [-0.4, -0.2) is 21.3 Å². The number of aromatic nitrogens is 2. The maximum absolute atomic E-state index is 13.4. The van der Waals surface area contributed by atoms with Crippen LogP contribution < -0.4 is 4.74 Å². The van der Waals surface area contributed by atoms with Crippen molar-refractivity contribution < 1.29 is 19.0 Å². The summed E-state index contributed by atoms with van der Waals surface area (Å²) in [6.45, 7) is 0.229. The van der Waals surface area contributed by atoms with Crippen LogP contribution in [-0.2, 0) is 17.8 Å². The number of ether oxygens (including phenoxy) is 1. The van der Waals surface area contributed by atoms with Gasteiger partial charge < -0.3 is 9.84 Å². The van der Waals surface area contributed by atoms with Crippen molar-refractivity contribution in [3.63, 3.8) is 0 Å². The third kappa shape index (κ3) is 4.43. The van der Waals surface area contributed by atoms with Gasteiger partial charge in [-0.1, -0.05) is 24.3 Å². The van der Waals surface area contributed by atoms with E-state index in [9.17, 15) is 9.18 Å². The Morgan fingerprint density at radius 2 is 1.97 bits per heavy atom. The topological polar surface area (TPSA) is 75.2 Å². The van der Waals surface area contributed by atoms with Gasteiger partial charge in [-0.05, 0) is 59.5 Å². The number of carbonyl (C=O) groups is 1. The second-order valence-electron chi connectivity index (χ2n) is 6.81. The molecule has 0 spiro atoms. The van der Waals surface area contributed by atoms with Crippen LogP contribution in [0.25, 0.3) is 22.0 Å². The Bertz CT molecular complexity index is 1170. The molecular weight excluding hydrogens is 371 g/mol. The lowest BCUT2D eigenvalue weighted by atomic mass is 9.99. The van der Waals surface area contributed by atoms with E-state index >= 15 is 0 Å². The zero-order chi connectivity index (χ0) is 20.2. The molecule has 5 nitrogen and oxygen atoms in total. The molecule has 3 aromatic carbocycles. The lowest BCUT2D eigenvalue weighted by molar-refractivity contribution is -0.136. The quantitative estimate of drug-likeness (QED) is 0.467. The Morgan fingerprint density at radius 1 is 1.07 bits per heavy atom. The number of nitrogens with one attached hydrogen (secondary N) is 1. The zero-order valence-corrected chi connectivity index (χ0v) is 15.6. The van der Waals surface area contributed by atoms with E-state index in [4.69, 9.17) is 9.84 Å². The van der Waals surface area contributed by atoms with Crippen LogP contribution in [0.2, 0.25) is 0 Å². The minimum atomic E-state index is -0.835. The number of aromatic amines is 1. The third-order valence-electron chi connectivity index (χ3n) is 4.71. The molecule has 2 N–H and O–H groups in total. The number of halogens is 1. The summed E-state index contributed by atoms with van der Waals surface area (Å²) in [6, 6.07) is 17.9. The van der Waals surface area contributed by atoms with E-state index in [-0.39, 0.29) is 18.8 Å². The highest BCUT2D eigenvalue weighted by atomic mass is 19.1. The average Bonchev–Trinajstić information content (AvgIpc) is 3.19. The maximum Gasteiger partial charge on any atom is 0.303 e. The molecule has 4 aromatic rings. The van der Waals surface area contributed by atoms with Crippen LogP contribution in [0.15, 0.2) is 66.9 Å². The smallest absolute Gasteiger partial charge is 0.303 e. The molecule has 0 radical (unpaired) electrons. The van der Waals surface area contributed by atoms with Gasteiger partial charge >= 0.3 is 5.97 Å². The van der Waals surface area contributed by atoms with Gasteiger partial charge in [-0.25, -0.2) is 4.39 Å². The average molecular weight is 390 g/mol. The minimum Gasteiger partial charge on any atom is -0.488 e. The number of H-pyrrole nitrogens is 1. The first kappa shape index (κ1) is 18.7. The number of carboxylic acid groups (broad SMARTS) is 1. The Hall–Kier alpha value is -3.67. The minimum absolute atomic E-state index is 0.0592. The first-order chi connectivity index (χ1) is 14.1. The zero-order valence-electron chi connectivity index (χ0n) is 15.6. The normalized spacial score (nSPS) is 10.9. The number of nitrogens with zero attached hydrogens (tertiary/aromatic N) is 1. The van der Waals surface area contributed by atoms with Crippen molar-refractivity contribution in [2.24, 2.45) is 0 Å². The molecule has 0 bridgehead atoms. The van der Waals surface area contributed by atoms with Crippen molar-refractivity contribution in [2.75, 3.05) is 0 Å². The van der Waals surface area contributed by atoms with Gasteiger partial charge in [0.25, 0.3) is 0 Å². The number of fused-ring (bicyclic) bond motifs is 1. The van der Waals surface area contributed by atoms with Gasteiger partial charge in [0.05, 0.1) is 11.7 Å². The van der Waals surface area contributed by atoms with E-state index < -0.39 is 5.97 Å². The summed E-state index contributed by atoms with van der Waals surface area (Å²) in [5, 5.41) is 16.9. The number of rotatable bonds is 7. The van der Waals surface area contributed by atoms with Crippen molar-refractivity contribution in [3.8, 4) is 16.9 Å². The fourth-order valence-electron chi connectivity index (χ4n) is 3.23. The predicted molar refractivity (Wildman–Crippen MR) is 108 cm³/mol. The van der Waals surface area contributed by atoms with Gasteiger partial charge in [-0.2, -0.15) is 5.10 Å². The molecule has 0 saturated carbocycles. The molecule has 0 aliphatic carbocycles. The number of carboxylic acids is 1. The molecule has 0 saturated heterocycles. The molecule has 0 aliphatic rings. The molecule has 146 valence electrons. The molecule has 0 atom stereocenters. The summed E-state index contributed by atoms with van der Waals surface area (Å²) >= 11 is 0. The predicted octanol–water partition coefficient (Wildman–Crippen LogP) is 4.97. The van der Waals surface area contributed by atoms with Crippen LogP contribution in [0.1, 0.15) is 17.5 Å². The summed E-state index contributed by atoms with van der Waals surface area (Å²) in [5.74, 6) is -0.491. The molecule has 0 unspecified atom stereocenters. The molecule has 1 heterocycles. The van der Waals surface area contributed by atoms with Crippen LogP contribution in [0.3, 0.4) is 0 Å². The van der Waals surface area contributed by atoms with E-state index in [1.807, 2.05) is 42.5 Å². The van der Waals surface area contributed by atoms with Crippen molar-refractivity contribution >= 4 is 16.9 Å². The lowest BCUT2D eigenvalue weighted by Crippen LogP contribution is -2.00. The Labute approximate surface area is 166 Å². The van der Waals surface area contributed by atoms with E-state index in [1.165, 1.54) is 12.1 Å². The van der Waals surface area contributed by atoms with E-state index in [0.717, 1.165) is 33.2 Å². The fraction of sp³-hybridized carbons (Fsp3) is 0.130. The van der Waals surface area contributed by atoms with Gasteiger partial charge in [0.15, 0.2) is 0 Å². The Kier molecular flexibility index (Phi) is 5.24. The van der Waals surface area contributed by atoms with Crippen LogP contribution >= 0.6 is 0 Å². The number of aliphatic carboxylic acids is 1. The number of hydrogen-bond acceptors (Lipinski definition) is 3. The second kappa shape index (κ2) is 8.14. The van der Waals surface area contributed by atoms with Crippen molar-refractivity contribution in [3.05, 3.63) is 83.8 Å². The van der Waals surface area contributed by atoms with Crippen molar-refractivity contribution in [1.29, 1.82) is 0 Å². The third-order valence-corrected chi connectivity index (χ3v) is 4.71. The number of benzene rings is 3. The summed E-state index contributed by atoms with van der Waals surface area (Å²) in [4.78, 5) is 10.9.